The number of tetrazole rings is 1. The van der Waals surface area contributed by atoms with Crippen LogP contribution in [0, 0.1) is 0 Å². The van der Waals surface area contributed by atoms with E-state index in [1.165, 1.54) is 27.4 Å². The number of phenolic OH excluding ortho intramolecular Hbond substituents is 1. The molecule has 2 aromatic rings. The maximum absolute atomic E-state index is 12.6. The molecule has 2 heterocycles. The van der Waals surface area contributed by atoms with Gasteiger partial charge in [0.15, 0.2) is 0 Å². The molecule has 0 aliphatic carbocycles. The standard InChI is InChI=1S/C16H22N6O4S/c1-2-27(25,26)21-8-4-3-5-12(10-21)18-16(24)14-7-6-13(9-15(14)23)22-11-17-19-20-22/h6-7,9,11-12,23H,2-5,8,10H2,1H3,(H,18,24). The zero-order valence-electron chi connectivity index (χ0n) is 14.9. The molecule has 27 heavy (non-hydrogen) atoms. The first-order valence-corrected chi connectivity index (χ1v) is 10.4. The summed E-state index contributed by atoms with van der Waals surface area (Å²) in [7, 11) is -3.31. The highest BCUT2D eigenvalue weighted by Crippen LogP contribution is 2.22. The van der Waals surface area contributed by atoms with Crippen molar-refractivity contribution in [1.82, 2.24) is 29.8 Å². The second kappa shape index (κ2) is 8.01. The Kier molecular flexibility index (Phi) is 5.71. The molecule has 1 atom stereocenters. The quantitative estimate of drug-likeness (QED) is 0.746. The first-order chi connectivity index (χ1) is 12.9. The highest BCUT2D eigenvalue weighted by atomic mass is 32.2. The predicted octanol–water partition coefficient (Wildman–Crippen LogP) is 0.302. The van der Waals surface area contributed by atoms with E-state index in [2.05, 4.69) is 20.8 Å². The number of phenols is 1. The lowest BCUT2D eigenvalue weighted by atomic mass is 10.1. The van der Waals surface area contributed by atoms with Gasteiger partial charge in [-0.3, -0.25) is 4.79 Å². The Labute approximate surface area is 157 Å². The van der Waals surface area contributed by atoms with Gasteiger partial charge in [0, 0.05) is 25.2 Å². The fourth-order valence-electron chi connectivity index (χ4n) is 3.06. The largest absolute Gasteiger partial charge is 0.507 e. The van der Waals surface area contributed by atoms with E-state index in [0.29, 0.717) is 18.7 Å². The molecular formula is C16H22N6O4S. The van der Waals surface area contributed by atoms with Gasteiger partial charge in [0.2, 0.25) is 10.0 Å². The van der Waals surface area contributed by atoms with Crippen LogP contribution >= 0.6 is 0 Å². The van der Waals surface area contributed by atoms with Crippen molar-refractivity contribution >= 4 is 15.9 Å². The Bertz CT molecular complexity index is 900. The second-order valence-corrected chi connectivity index (χ2v) is 8.64. The maximum Gasteiger partial charge on any atom is 0.255 e. The van der Waals surface area contributed by atoms with Crippen LogP contribution in [-0.2, 0) is 10.0 Å². The summed E-state index contributed by atoms with van der Waals surface area (Å²) in [4.78, 5) is 12.6. The fraction of sp³-hybridized carbons (Fsp3) is 0.500. The highest BCUT2D eigenvalue weighted by molar-refractivity contribution is 7.89. The zero-order valence-corrected chi connectivity index (χ0v) is 15.8. The SMILES string of the molecule is CCS(=O)(=O)N1CCCCC(NC(=O)c2ccc(-n3cnnn3)cc2O)C1. The van der Waals surface area contributed by atoms with Crippen molar-refractivity contribution in [2.24, 2.45) is 0 Å². The van der Waals surface area contributed by atoms with Crippen LogP contribution in [0.3, 0.4) is 0 Å². The molecule has 10 nitrogen and oxygen atoms in total. The maximum atomic E-state index is 12.6. The van der Waals surface area contributed by atoms with Gasteiger partial charge >= 0.3 is 0 Å². The number of aromatic hydroxyl groups is 1. The molecule has 3 rings (SSSR count). The van der Waals surface area contributed by atoms with Gasteiger partial charge < -0.3 is 10.4 Å². The summed E-state index contributed by atoms with van der Waals surface area (Å²) >= 11 is 0. The van der Waals surface area contributed by atoms with Crippen molar-refractivity contribution in [2.75, 3.05) is 18.8 Å². The Morgan fingerprint density at radius 2 is 2.19 bits per heavy atom. The van der Waals surface area contributed by atoms with Crippen molar-refractivity contribution in [3.8, 4) is 11.4 Å². The molecule has 0 spiro atoms. The number of aromatic nitrogens is 4. The summed E-state index contributed by atoms with van der Waals surface area (Å²) < 4.78 is 27.1. The predicted molar refractivity (Wildman–Crippen MR) is 97.0 cm³/mol. The molecule has 146 valence electrons. The summed E-state index contributed by atoms with van der Waals surface area (Å²) in [6.45, 7) is 2.32. The molecule has 1 unspecified atom stereocenters. The van der Waals surface area contributed by atoms with Gasteiger partial charge in [-0.2, -0.15) is 4.31 Å². The van der Waals surface area contributed by atoms with E-state index in [0.717, 1.165) is 12.8 Å². The number of nitrogens with zero attached hydrogens (tertiary/aromatic N) is 5. The van der Waals surface area contributed by atoms with Crippen LogP contribution in [0.1, 0.15) is 36.5 Å². The third-order valence-corrected chi connectivity index (χ3v) is 6.42. The third kappa shape index (κ3) is 4.42. The average molecular weight is 394 g/mol. The minimum Gasteiger partial charge on any atom is -0.507 e. The van der Waals surface area contributed by atoms with Crippen LogP contribution in [0.25, 0.3) is 5.69 Å². The van der Waals surface area contributed by atoms with Gasteiger partial charge in [-0.1, -0.05) is 6.42 Å². The van der Waals surface area contributed by atoms with Crippen molar-refractivity contribution in [3.05, 3.63) is 30.1 Å². The van der Waals surface area contributed by atoms with Crippen LogP contribution in [0.5, 0.6) is 5.75 Å². The zero-order chi connectivity index (χ0) is 19.4. The number of carbonyl (C=O) groups excluding carboxylic acids is 1. The molecule has 1 aliphatic rings. The Morgan fingerprint density at radius 3 is 2.85 bits per heavy atom. The lowest BCUT2D eigenvalue weighted by molar-refractivity contribution is 0.0929. The average Bonchev–Trinajstić information content (AvgIpc) is 3.08. The number of carbonyl (C=O) groups is 1. The van der Waals surface area contributed by atoms with Crippen LogP contribution in [0.15, 0.2) is 24.5 Å². The van der Waals surface area contributed by atoms with Crippen molar-refractivity contribution in [3.63, 3.8) is 0 Å². The molecule has 1 amide bonds. The number of amides is 1. The summed E-state index contributed by atoms with van der Waals surface area (Å²) in [6, 6.07) is 4.19. The normalized spacial score (nSPS) is 18.8. The Morgan fingerprint density at radius 1 is 1.37 bits per heavy atom. The van der Waals surface area contributed by atoms with E-state index in [4.69, 9.17) is 0 Å². The van der Waals surface area contributed by atoms with Crippen molar-refractivity contribution < 1.29 is 18.3 Å². The minimum absolute atomic E-state index is 0.0348. The number of hydrogen-bond acceptors (Lipinski definition) is 7. The highest BCUT2D eigenvalue weighted by Gasteiger charge is 2.27. The summed E-state index contributed by atoms with van der Waals surface area (Å²) in [5.74, 6) is -0.615. The molecule has 1 aliphatic heterocycles. The summed E-state index contributed by atoms with van der Waals surface area (Å²) in [5.41, 5.74) is 0.629. The number of nitrogens with one attached hydrogen (secondary N) is 1. The molecule has 1 saturated heterocycles. The molecule has 1 aromatic heterocycles. The van der Waals surface area contributed by atoms with Crippen molar-refractivity contribution in [1.29, 1.82) is 0 Å². The first-order valence-electron chi connectivity index (χ1n) is 8.76. The van der Waals surface area contributed by atoms with Crippen LogP contribution in [0.4, 0.5) is 0 Å². The summed E-state index contributed by atoms with van der Waals surface area (Å²) in [5, 5.41) is 23.8. The number of benzene rings is 1. The molecule has 0 saturated carbocycles. The van der Waals surface area contributed by atoms with E-state index in [9.17, 15) is 18.3 Å². The van der Waals surface area contributed by atoms with E-state index in [1.54, 1.807) is 13.0 Å². The molecule has 0 bridgehead atoms. The van der Waals surface area contributed by atoms with Crippen LogP contribution < -0.4 is 5.32 Å². The van der Waals surface area contributed by atoms with Gasteiger partial charge in [0.05, 0.1) is 17.0 Å². The third-order valence-electron chi connectivity index (χ3n) is 4.57. The summed E-state index contributed by atoms with van der Waals surface area (Å²) in [6.07, 6.45) is 3.65. The van der Waals surface area contributed by atoms with Gasteiger partial charge in [0.25, 0.3) is 5.91 Å². The van der Waals surface area contributed by atoms with Crippen LogP contribution in [0.2, 0.25) is 0 Å². The molecule has 2 N–H and O–H groups in total. The number of sulfonamides is 1. The molecule has 1 aromatic carbocycles. The monoisotopic (exact) mass is 394 g/mol. The van der Waals surface area contributed by atoms with Gasteiger partial charge in [-0.25, -0.2) is 13.1 Å². The molecular weight excluding hydrogens is 372 g/mol. The fourth-order valence-corrected chi connectivity index (χ4v) is 4.24. The second-order valence-electron chi connectivity index (χ2n) is 6.38. The molecule has 0 radical (unpaired) electrons. The van der Waals surface area contributed by atoms with Crippen LogP contribution in [-0.4, -0.2) is 68.8 Å². The van der Waals surface area contributed by atoms with E-state index in [-0.39, 0.29) is 29.7 Å². The van der Waals surface area contributed by atoms with Gasteiger partial charge in [-0.15, -0.1) is 5.10 Å². The smallest absolute Gasteiger partial charge is 0.255 e. The van der Waals surface area contributed by atoms with E-state index < -0.39 is 15.9 Å². The first kappa shape index (κ1) is 19.2. The van der Waals surface area contributed by atoms with Gasteiger partial charge in [0.1, 0.15) is 12.1 Å². The van der Waals surface area contributed by atoms with Crippen molar-refractivity contribution in [2.45, 2.75) is 32.2 Å². The van der Waals surface area contributed by atoms with E-state index in [1.807, 2.05) is 0 Å². The lowest BCUT2D eigenvalue weighted by Crippen LogP contribution is -2.45. The Hall–Kier alpha value is -2.53. The minimum atomic E-state index is -3.31. The lowest BCUT2D eigenvalue weighted by Gasteiger charge is -2.24. The number of rotatable bonds is 5. The Balaban J connectivity index is 1.72. The molecule has 11 heteroatoms. The van der Waals surface area contributed by atoms with E-state index >= 15 is 0 Å². The van der Waals surface area contributed by atoms with Gasteiger partial charge in [-0.05, 0) is 42.3 Å². The molecule has 1 fully saturated rings. The number of hydrogen-bond donors (Lipinski definition) is 2. The topological polar surface area (TPSA) is 130 Å².